The predicted molar refractivity (Wildman–Crippen MR) is 151 cm³/mol. The van der Waals surface area contributed by atoms with Crippen molar-refractivity contribution in [2.45, 2.75) is 5.41 Å². The fraction of sp³-hybridized carbons (Fsp3) is 0.0286. The fourth-order valence-corrected chi connectivity index (χ4v) is 5.31. The molecule has 0 radical (unpaired) electrons. The molecule has 2 nitrogen and oxygen atoms in total. The van der Waals surface area contributed by atoms with E-state index in [4.69, 9.17) is 9.97 Å². The number of nitrogens with zero attached hydrogens (tertiary/aromatic N) is 2. The zero-order chi connectivity index (χ0) is 24.9. The number of pyridine rings is 2. The Kier molecular flexibility index (Phi) is 7.71. The fourth-order valence-electron chi connectivity index (χ4n) is 5.31. The third kappa shape index (κ3) is 4.52. The smallest absolute Gasteiger partial charge is 0.259 e. The summed E-state index contributed by atoms with van der Waals surface area (Å²) in [6.45, 7) is 0. The molecule has 0 fully saturated rings. The Morgan fingerprint density at radius 1 is 0.368 bits per heavy atom. The molecule has 4 aromatic carbocycles. The summed E-state index contributed by atoms with van der Waals surface area (Å²) in [6.07, 6.45) is 3.79. The second-order valence-electron chi connectivity index (χ2n) is 9.01. The first kappa shape index (κ1) is 25.5. The van der Waals surface area contributed by atoms with Crippen LogP contribution < -0.4 is 0 Å². The first-order chi connectivity index (χ1) is 18.4. The van der Waals surface area contributed by atoms with Crippen LogP contribution in [0.1, 0.15) is 22.5 Å². The summed E-state index contributed by atoms with van der Waals surface area (Å²) in [5, 5.41) is 0. The maximum absolute atomic E-state index is 5.15. The van der Waals surface area contributed by atoms with E-state index in [0.29, 0.717) is 0 Å². The molecule has 2 aromatic heterocycles. The summed E-state index contributed by atoms with van der Waals surface area (Å²) in [4.78, 5) is 10.3. The minimum Gasteiger partial charge on any atom is -0.259 e. The van der Waals surface area contributed by atoms with Crippen molar-refractivity contribution >= 4 is 0 Å². The van der Waals surface area contributed by atoms with Gasteiger partial charge in [-0.2, -0.15) is 0 Å². The van der Waals surface area contributed by atoms with E-state index in [9.17, 15) is 0 Å². The van der Waals surface area contributed by atoms with Gasteiger partial charge in [0.1, 0.15) is 5.41 Å². The maximum atomic E-state index is 5.15. The van der Waals surface area contributed by atoms with Crippen LogP contribution in [0, 0.1) is 0 Å². The Balaban J connectivity index is 0.00000294. The third-order valence-corrected chi connectivity index (χ3v) is 6.91. The van der Waals surface area contributed by atoms with Crippen LogP contribution in [0.15, 0.2) is 158 Å². The van der Waals surface area contributed by atoms with E-state index in [1.54, 1.807) is 0 Å². The van der Waals surface area contributed by atoms with Gasteiger partial charge in [0.15, 0.2) is 0 Å². The van der Waals surface area contributed by atoms with Gasteiger partial charge >= 0.3 is 20.4 Å². The van der Waals surface area contributed by atoms with Gasteiger partial charge in [0.05, 0.1) is 11.4 Å². The van der Waals surface area contributed by atoms with E-state index in [1.165, 1.54) is 0 Å². The molecule has 184 valence electrons. The molecule has 0 aliphatic carbocycles. The van der Waals surface area contributed by atoms with Crippen LogP contribution in [0.2, 0.25) is 0 Å². The van der Waals surface area contributed by atoms with E-state index in [2.05, 4.69) is 121 Å². The van der Waals surface area contributed by atoms with Crippen LogP contribution in [0.25, 0.3) is 22.3 Å². The number of hydrogen-bond acceptors (Lipinski definition) is 2. The standard InChI is InChI=1S/C35H26N2.Pd/c1-5-15-27(16-6-1)31-23-13-25-36-33(31)35(29-19-9-3-10-20-29,30-21-11-4-12-22-30)34-32(24-14-26-37-34)28-17-7-2-8-18-28;/h1-26H;/q;+2. The number of benzene rings is 4. The maximum Gasteiger partial charge on any atom is 2.00 e. The van der Waals surface area contributed by atoms with Gasteiger partial charge in [0, 0.05) is 23.5 Å². The van der Waals surface area contributed by atoms with Crippen LogP contribution in [0.5, 0.6) is 0 Å². The summed E-state index contributed by atoms with van der Waals surface area (Å²) in [7, 11) is 0. The predicted octanol–water partition coefficient (Wildman–Crippen LogP) is 8.19. The number of hydrogen-bond donors (Lipinski definition) is 0. The molecule has 0 saturated carbocycles. The molecule has 0 aliphatic rings. The summed E-state index contributed by atoms with van der Waals surface area (Å²) in [5.74, 6) is 0. The second-order valence-corrected chi connectivity index (χ2v) is 9.01. The summed E-state index contributed by atoms with van der Waals surface area (Å²) in [5.41, 5.74) is 7.80. The average molecular weight is 581 g/mol. The van der Waals surface area contributed by atoms with Gasteiger partial charge in [-0.25, -0.2) is 0 Å². The van der Waals surface area contributed by atoms with Gasteiger partial charge in [0.25, 0.3) is 0 Å². The zero-order valence-electron chi connectivity index (χ0n) is 20.7. The Bertz CT molecular complexity index is 1480. The largest absolute Gasteiger partial charge is 2.00 e. The molecular formula is C35H26N2Pd+2. The van der Waals surface area contributed by atoms with Gasteiger partial charge in [-0.15, -0.1) is 0 Å². The first-order valence-corrected chi connectivity index (χ1v) is 12.5. The summed E-state index contributed by atoms with van der Waals surface area (Å²) in [6, 6.07) is 50.7. The van der Waals surface area contributed by atoms with Crippen LogP contribution >= 0.6 is 0 Å². The summed E-state index contributed by atoms with van der Waals surface area (Å²) >= 11 is 0. The van der Waals surface area contributed by atoms with E-state index in [1.807, 2.05) is 36.7 Å². The topological polar surface area (TPSA) is 25.8 Å². The SMILES string of the molecule is [Pd+2].c1ccc(-c2cccnc2C(c2ccccc2)(c2ccccc2)c2ncccc2-c2ccccc2)cc1. The van der Waals surface area contributed by atoms with Crippen molar-refractivity contribution < 1.29 is 20.4 Å². The van der Waals surface area contributed by atoms with E-state index < -0.39 is 5.41 Å². The van der Waals surface area contributed by atoms with Gasteiger partial charge < -0.3 is 0 Å². The summed E-state index contributed by atoms with van der Waals surface area (Å²) < 4.78 is 0. The van der Waals surface area contributed by atoms with E-state index in [-0.39, 0.29) is 20.4 Å². The van der Waals surface area contributed by atoms with Crippen molar-refractivity contribution in [3.05, 3.63) is 181 Å². The molecule has 0 aliphatic heterocycles. The minimum absolute atomic E-state index is 0. The molecule has 0 atom stereocenters. The van der Waals surface area contributed by atoms with Crippen LogP contribution in [-0.2, 0) is 25.8 Å². The van der Waals surface area contributed by atoms with Crippen molar-refractivity contribution in [3.8, 4) is 22.3 Å². The normalized spacial score (nSPS) is 10.9. The Hall–Kier alpha value is -4.16. The molecule has 6 rings (SSSR count). The molecule has 2 heterocycles. The Morgan fingerprint density at radius 3 is 1.08 bits per heavy atom. The number of aromatic nitrogens is 2. The van der Waals surface area contributed by atoms with Crippen LogP contribution in [0.3, 0.4) is 0 Å². The minimum atomic E-state index is -0.763. The van der Waals surface area contributed by atoms with E-state index in [0.717, 1.165) is 44.8 Å². The van der Waals surface area contributed by atoms with Gasteiger partial charge in [-0.3, -0.25) is 9.97 Å². The first-order valence-electron chi connectivity index (χ1n) is 12.5. The molecule has 0 N–H and O–H groups in total. The van der Waals surface area contributed by atoms with Gasteiger partial charge in [-0.1, -0.05) is 133 Å². The van der Waals surface area contributed by atoms with Gasteiger partial charge in [0.2, 0.25) is 0 Å². The molecule has 0 saturated heterocycles. The molecular weight excluding hydrogens is 555 g/mol. The van der Waals surface area contributed by atoms with Gasteiger partial charge in [-0.05, 0) is 34.4 Å². The monoisotopic (exact) mass is 580 g/mol. The molecule has 6 aromatic rings. The van der Waals surface area contributed by atoms with E-state index >= 15 is 0 Å². The van der Waals surface area contributed by atoms with Crippen molar-refractivity contribution in [3.63, 3.8) is 0 Å². The molecule has 3 heteroatoms. The van der Waals surface area contributed by atoms with Crippen molar-refractivity contribution in [2.75, 3.05) is 0 Å². The average Bonchev–Trinajstić information content (AvgIpc) is 3.00. The molecule has 0 bridgehead atoms. The van der Waals surface area contributed by atoms with Crippen molar-refractivity contribution in [1.29, 1.82) is 0 Å². The quantitative estimate of drug-likeness (QED) is 0.186. The van der Waals surface area contributed by atoms with Crippen molar-refractivity contribution in [1.82, 2.24) is 9.97 Å². The molecule has 38 heavy (non-hydrogen) atoms. The Labute approximate surface area is 237 Å². The van der Waals surface area contributed by atoms with Crippen molar-refractivity contribution in [2.24, 2.45) is 0 Å². The molecule has 0 spiro atoms. The molecule has 0 unspecified atom stereocenters. The zero-order valence-corrected chi connectivity index (χ0v) is 22.3. The third-order valence-electron chi connectivity index (χ3n) is 6.91. The van der Waals surface area contributed by atoms with Crippen LogP contribution in [-0.4, -0.2) is 9.97 Å². The second kappa shape index (κ2) is 11.5. The number of rotatable bonds is 6. The molecule has 0 amide bonds. The van der Waals surface area contributed by atoms with Crippen LogP contribution in [0.4, 0.5) is 0 Å². The Morgan fingerprint density at radius 2 is 0.711 bits per heavy atom.